The number of benzene rings is 1. The van der Waals surface area contributed by atoms with E-state index in [-0.39, 0.29) is 23.9 Å². The molecule has 0 bridgehead atoms. The molecule has 1 heterocycles. The molecule has 1 fully saturated rings. The van der Waals surface area contributed by atoms with Crippen molar-refractivity contribution >= 4 is 28.6 Å². The number of nitrogens with zero attached hydrogens (tertiary/aromatic N) is 3. The van der Waals surface area contributed by atoms with Crippen molar-refractivity contribution in [2.45, 2.75) is 44.7 Å². The Kier molecular flexibility index (Phi) is 5.70. The number of aromatic nitrogens is 2. The normalized spacial score (nSPS) is 20.4. The number of fused-ring (bicyclic) bond motifs is 1. The van der Waals surface area contributed by atoms with Crippen molar-refractivity contribution in [3.63, 3.8) is 0 Å². The minimum atomic E-state index is -0.660. The number of hydroxylamine groups is 1. The van der Waals surface area contributed by atoms with E-state index >= 15 is 0 Å². The zero-order valence-corrected chi connectivity index (χ0v) is 15.5. The zero-order valence-electron chi connectivity index (χ0n) is 15.5. The van der Waals surface area contributed by atoms with Crippen LogP contribution in [0.25, 0.3) is 10.9 Å². The van der Waals surface area contributed by atoms with E-state index < -0.39 is 5.91 Å². The van der Waals surface area contributed by atoms with Gasteiger partial charge >= 0.3 is 0 Å². The van der Waals surface area contributed by atoms with Gasteiger partial charge in [0.1, 0.15) is 5.82 Å². The smallest absolute Gasteiger partial charge is 0.286 e. The van der Waals surface area contributed by atoms with E-state index in [1.165, 1.54) is 7.11 Å². The summed E-state index contributed by atoms with van der Waals surface area (Å²) in [5, 5.41) is 4.30. The maximum Gasteiger partial charge on any atom is 0.286 e. The maximum atomic E-state index is 11.6. The van der Waals surface area contributed by atoms with Crippen LogP contribution in [0.15, 0.2) is 23.2 Å². The van der Waals surface area contributed by atoms with Gasteiger partial charge in [-0.3, -0.25) is 9.63 Å². The number of anilines is 1. The van der Waals surface area contributed by atoms with E-state index in [2.05, 4.69) is 25.8 Å². The van der Waals surface area contributed by atoms with Gasteiger partial charge in [0, 0.05) is 5.39 Å². The molecule has 27 heavy (non-hydrogen) atoms. The second-order valence-corrected chi connectivity index (χ2v) is 6.70. The zero-order chi connectivity index (χ0) is 19.4. The number of carbonyl (C=O) groups is 1. The monoisotopic (exact) mass is 371 g/mol. The number of hydrogen-bond acceptors (Lipinski definition) is 6. The third kappa shape index (κ3) is 4.43. The predicted octanol–water partition coefficient (Wildman–Crippen LogP) is 1.23. The molecule has 2 aromatic rings. The van der Waals surface area contributed by atoms with Crippen molar-refractivity contribution in [1.82, 2.24) is 15.4 Å². The Morgan fingerprint density at radius 3 is 2.78 bits per heavy atom. The van der Waals surface area contributed by atoms with Gasteiger partial charge < -0.3 is 16.8 Å². The van der Waals surface area contributed by atoms with Crippen molar-refractivity contribution in [3.8, 4) is 0 Å². The highest BCUT2D eigenvalue weighted by Gasteiger charge is 2.26. The number of aryl methyl sites for hydroxylation is 1. The Morgan fingerprint density at radius 2 is 2.04 bits per heavy atom. The molecule has 2 atom stereocenters. The van der Waals surface area contributed by atoms with Gasteiger partial charge in [-0.05, 0) is 31.9 Å². The average molecular weight is 371 g/mol. The van der Waals surface area contributed by atoms with Crippen LogP contribution in [-0.2, 0) is 4.84 Å². The molecule has 6 N–H and O–H groups in total. The molecule has 1 aromatic heterocycles. The first-order chi connectivity index (χ1) is 13.0. The Bertz CT molecular complexity index is 868. The number of hydrogen-bond donors (Lipinski definition) is 4. The predicted molar refractivity (Wildman–Crippen MR) is 104 cm³/mol. The van der Waals surface area contributed by atoms with Gasteiger partial charge in [-0.25, -0.2) is 20.4 Å². The van der Waals surface area contributed by atoms with Crippen LogP contribution in [0.1, 0.15) is 41.9 Å². The van der Waals surface area contributed by atoms with Gasteiger partial charge in [0.2, 0.25) is 11.8 Å². The Labute approximate surface area is 157 Å². The minimum absolute atomic E-state index is 0.00900. The number of carbonyl (C=O) groups excluding carboxylic acids is 1. The number of amides is 1. The fraction of sp³-hybridized carbons (Fsp3) is 0.444. The maximum absolute atomic E-state index is 11.6. The minimum Gasteiger partial charge on any atom is -0.368 e. The molecule has 0 saturated heterocycles. The van der Waals surface area contributed by atoms with Gasteiger partial charge in [-0.1, -0.05) is 24.5 Å². The Morgan fingerprint density at radius 1 is 1.26 bits per heavy atom. The molecule has 9 nitrogen and oxygen atoms in total. The second kappa shape index (κ2) is 8.17. The van der Waals surface area contributed by atoms with E-state index in [9.17, 15) is 4.79 Å². The van der Waals surface area contributed by atoms with Crippen LogP contribution in [0.3, 0.4) is 0 Å². The van der Waals surface area contributed by atoms with Crippen LogP contribution in [-0.4, -0.2) is 41.0 Å². The molecule has 0 radical (unpaired) electrons. The summed E-state index contributed by atoms with van der Waals surface area (Å²) in [4.78, 5) is 29.6. The third-order valence-electron chi connectivity index (χ3n) is 4.63. The standard InChI is InChI=1S/C18H25N7O2/c1-10-7-8-12-11(9-10)16(24-17(21-12)15(19)26)22-13-5-3-4-6-14(13)23-18(20)25-27-2/h7-9,13-14H,3-6H2,1-2H3,(H2,19,26)(H3,20,23,25)(H,21,22,24)/t13-,14+/m0/s1. The first kappa shape index (κ1) is 18.8. The molecule has 1 aliphatic rings. The Balaban J connectivity index is 1.96. The molecule has 1 amide bonds. The summed E-state index contributed by atoms with van der Waals surface area (Å²) in [7, 11) is 1.49. The van der Waals surface area contributed by atoms with Crippen LogP contribution in [0.2, 0.25) is 0 Å². The van der Waals surface area contributed by atoms with Crippen LogP contribution >= 0.6 is 0 Å². The van der Waals surface area contributed by atoms with Gasteiger partial charge in [0.25, 0.3) is 5.91 Å². The number of rotatable bonds is 5. The lowest BCUT2D eigenvalue weighted by molar-refractivity contribution is 0.0991. The summed E-state index contributed by atoms with van der Waals surface area (Å²) >= 11 is 0. The first-order valence-corrected chi connectivity index (χ1v) is 8.95. The molecular formula is C18H25N7O2. The highest BCUT2D eigenvalue weighted by atomic mass is 16.6. The first-order valence-electron chi connectivity index (χ1n) is 8.95. The number of aliphatic imine (C=N–C) groups is 1. The van der Waals surface area contributed by atoms with Crippen LogP contribution in [0.4, 0.5) is 5.82 Å². The third-order valence-corrected chi connectivity index (χ3v) is 4.63. The van der Waals surface area contributed by atoms with Crippen molar-refractivity contribution < 1.29 is 9.63 Å². The molecule has 1 saturated carbocycles. The van der Waals surface area contributed by atoms with E-state index in [0.29, 0.717) is 11.3 Å². The summed E-state index contributed by atoms with van der Waals surface area (Å²) in [6, 6.07) is 5.78. The topological polar surface area (TPSA) is 141 Å². The summed E-state index contributed by atoms with van der Waals surface area (Å²) in [6.07, 6.45) is 3.96. The van der Waals surface area contributed by atoms with Gasteiger partial charge in [0.15, 0.2) is 0 Å². The lowest BCUT2D eigenvalue weighted by Gasteiger charge is -2.30. The highest BCUT2D eigenvalue weighted by molar-refractivity contribution is 5.96. The van der Waals surface area contributed by atoms with E-state index in [1.54, 1.807) is 0 Å². The van der Waals surface area contributed by atoms with Crippen molar-refractivity contribution in [2.75, 3.05) is 12.4 Å². The van der Waals surface area contributed by atoms with Gasteiger partial charge in [0.05, 0.1) is 24.7 Å². The molecule has 3 rings (SSSR count). The fourth-order valence-electron chi connectivity index (χ4n) is 3.38. The molecule has 144 valence electrons. The second-order valence-electron chi connectivity index (χ2n) is 6.70. The summed E-state index contributed by atoms with van der Waals surface area (Å²) in [6.45, 7) is 2.00. The highest BCUT2D eigenvalue weighted by Crippen LogP contribution is 2.28. The molecule has 0 spiro atoms. The van der Waals surface area contributed by atoms with Crippen LogP contribution in [0.5, 0.6) is 0 Å². The van der Waals surface area contributed by atoms with Crippen molar-refractivity contribution in [2.24, 2.45) is 16.5 Å². The van der Waals surface area contributed by atoms with Crippen molar-refractivity contribution in [3.05, 3.63) is 29.6 Å². The van der Waals surface area contributed by atoms with Crippen molar-refractivity contribution in [1.29, 1.82) is 0 Å². The molecule has 1 aliphatic carbocycles. The molecule has 0 unspecified atom stereocenters. The lowest BCUT2D eigenvalue weighted by Crippen LogP contribution is -2.40. The van der Waals surface area contributed by atoms with Crippen LogP contribution in [0, 0.1) is 6.92 Å². The SMILES string of the molecule is CONC(N)=N[C@@H]1CCCC[C@@H]1Nc1nc(C(N)=O)nc2ccc(C)cc12. The number of primary amides is 1. The fourth-order valence-corrected chi connectivity index (χ4v) is 3.38. The summed E-state index contributed by atoms with van der Waals surface area (Å²) < 4.78 is 0. The molecule has 9 heteroatoms. The molecular weight excluding hydrogens is 346 g/mol. The van der Waals surface area contributed by atoms with Gasteiger partial charge in [-0.2, -0.15) is 0 Å². The number of guanidine groups is 1. The van der Waals surface area contributed by atoms with E-state index in [4.69, 9.17) is 16.3 Å². The number of nitrogens with one attached hydrogen (secondary N) is 2. The van der Waals surface area contributed by atoms with E-state index in [0.717, 1.165) is 36.6 Å². The Hall–Kier alpha value is -2.94. The molecule has 0 aliphatic heterocycles. The van der Waals surface area contributed by atoms with Crippen LogP contribution < -0.4 is 22.3 Å². The number of nitrogens with two attached hydrogens (primary N) is 2. The quantitative estimate of drug-likeness (QED) is 0.352. The summed E-state index contributed by atoms with van der Waals surface area (Å²) in [5.74, 6) is 0.151. The largest absolute Gasteiger partial charge is 0.368 e. The average Bonchev–Trinajstić information content (AvgIpc) is 2.63. The molecule has 1 aromatic carbocycles. The summed E-state index contributed by atoms with van der Waals surface area (Å²) in [5.41, 5.74) is 15.6. The lowest BCUT2D eigenvalue weighted by atomic mass is 9.90. The van der Waals surface area contributed by atoms with Gasteiger partial charge in [-0.15, -0.1) is 0 Å². The van der Waals surface area contributed by atoms with E-state index in [1.807, 2.05) is 25.1 Å².